The van der Waals surface area contributed by atoms with E-state index in [0.29, 0.717) is 12.1 Å². The molecule has 2 atom stereocenters. The van der Waals surface area contributed by atoms with Crippen molar-refractivity contribution in [1.29, 1.82) is 0 Å². The lowest BCUT2D eigenvalue weighted by molar-refractivity contribution is 0.313. The second-order valence-corrected chi connectivity index (χ2v) is 6.45. The van der Waals surface area contributed by atoms with Gasteiger partial charge in [-0.05, 0) is 50.8 Å². The van der Waals surface area contributed by atoms with Crippen LogP contribution < -0.4 is 10.2 Å². The Labute approximate surface area is 123 Å². The zero-order valence-corrected chi connectivity index (χ0v) is 13.0. The van der Waals surface area contributed by atoms with Crippen LogP contribution in [0.5, 0.6) is 0 Å². The van der Waals surface area contributed by atoms with Crippen molar-refractivity contribution in [2.75, 3.05) is 18.0 Å². The first kappa shape index (κ1) is 13.9. The Morgan fingerprint density at radius 3 is 2.90 bits per heavy atom. The van der Waals surface area contributed by atoms with Gasteiger partial charge >= 0.3 is 0 Å². The molecule has 0 bridgehead atoms. The summed E-state index contributed by atoms with van der Waals surface area (Å²) in [6.45, 7) is 6.78. The van der Waals surface area contributed by atoms with Gasteiger partial charge in [0.05, 0.1) is 0 Å². The fourth-order valence-corrected chi connectivity index (χ4v) is 4.08. The van der Waals surface area contributed by atoms with Crippen LogP contribution in [0.2, 0.25) is 0 Å². The highest BCUT2D eigenvalue weighted by molar-refractivity contribution is 5.57. The molecule has 1 heterocycles. The number of hydrogen-bond acceptors (Lipinski definition) is 2. The Morgan fingerprint density at radius 2 is 2.05 bits per heavy atom. The molecule has 110 valence electrons. The summed E-state index contributed by atoms with van der Waals surface area (Å²) in [4.78, 5) is 2.71. The summed E-state index contributed by atoms with van der Waals surface area (Å²) < 4.78 is 0. The number of benzene rings is 1. The van der Waals surface area contributed by atoms with Gasteiger partial charge in [0.15, 0.2) is 0 Å². The van der Waals surface area contributed by atoms with Gasteiger partial charge in [-0.15, -0.1) is 0 Å². The largest absolute Gasteiger partial charge is 0.367 e. The Bertz CT molecular complexity index is 453. The minimum absolute atomic E-state index is 0.681. The van der Waals surface area contributed by atoms with Gasteiger partial charge in [0.1, 0.15) is 0 Å². The molecule has 1 aliphatic heterocycles. The minimum Gasteiger partial charge on any atom is -0.367 e. The Hall–Kier alpha value is -1.02. The van der Waals surface area contributed by atoms with E-state index in [1.807, 2.05) is 0 Å². The van der Waals surface area contributed by atoms with Crippen molar-refractivity contribution >= 4 is 5.69 Å². The van der Waals surface area contributed by atoms with Crippen molar-refractivity contribution in [3.05, 3.63) is 29.3 Å². The van der Waals surface area contributed by atoms with E-state index in [1.54, 1.807) is 5.56 Å². The highest BCUT2D eigenvalue weighted by Gasteiger charge is 2.31. The van der Waals surface area contributed by atoms with Crippen molar-refractivity contribution < 1.29 is 0 Å². The van der Waals surface area contributed by atoms with Crippen molar-refractivity contribution in [2.24, 2.45) is 0 Å². The van der Waals surface area contributed by atoms with Crippen LogP contribution in [0, 0.1) is 6.92 Å². The van der Waals surface area contributed by atoms with E-state index >= 15 is 0 Å². The average Bonchev–Trinajstić information content (AvgIpc) is 2.47. The SMILES string of the molecule is CCNC1CCCCC1N1CCCc2cc(C)ccc21. The molecule has 1 saturated carbocycles. The summed E-state index contributed by atoms with van der Waals surface area (Å²) >= 11 is 0. The fourth-order valence-electron chi connectivity index (χ4n) is 4.08. The number of nitrogens with zero attached hydrogens (tertiary/aromatic N) is 1. The predicted molar refractivity (Wildman–Crippen MR) is 86.6 cm³/mol. The van der Waals surface area contributed by atoms with Crippen LogP contribution in [0.1, 0.15) is 50.2 Å². The molecule has 3 rings (SSSR count). The first-order chi connectivity index (χ1) is 9.79. The maximum Gasteiger partial charge on any atom is 0.0443 e. The zero-order chi connectivity index (χ0) is 13.9. The number of likely N-dealkylation sites (N-methyl/N-ethyl adjacent to an activating group) is 1. The predicted octanol–water partition coefficient (Wildman–Crippen LogP) is 3.67. The molecule has 20 heavy (non-hydrogen) atoms. The lowest BCUT2D eigenvalue weighted by Crippen LogP contribution is -2.53. The van der Waals surface area contributed by atoms with E-state index < -0.39 is 0 Å². The molecule has 0 aromatic heterocycles. The third kappa shape index (κ3) is 2.71. The summed E-state index contributed by atoms with van der Waals surface area (Å²) in [6, 6.07) is 8.42. The first-order valence-electron chi connectivity index (χ1n) is 8.39. The Morgan fingerprint density at radius 1 is 1.20 bits per heavy atom. The van der Waals surface area contributed by atoms with Crippen LogP contribution >= 0.6 is 0 Å². The van der Waals surface area contributed by atoms with E-state index in [1.165, 1.54) is 56.3 Å². The maximum atomic E-state index is 3.73. The molecule has 1 fully saturated rings. The standard InChI is InChI=1S/C18H28N2/c1-3-19-16-8-4-5-9-18(16)20-12-6-7-15-13-14(2)10-11-17(15)20/h10-11,13,16,18-19H,3-9,12H2,1-2H3. The van der Waals surface area contributed by atoms with Gasteiger partial charge in [0.25, 0.3) is 0 Å². The van der Waals surface area contributed by atoms with Crippen LogP contribution in [0.4, 0.5) is 5.69 Å². The van der Waals surface area contributed by atoms with E-state index in [0.717, 1.165) is 6.54 Å². The quantitative estimate of drug-likeness (QED) is 0.903. The number of anilines is 1. The number of fused-ring (bicyclic) bond motifs is 1. The van der Waals surface area contributed by atoms with Crippen molar-refractivity contribution in [2.45, 2.75) is 64.5 Å². The van der Waals surface area contributed by atoms with Crippen LogP contribution in [-0.4, -0.2) is 25.2 Å². The highest BCUT2D eigenvalue weighted by atomic mass is 15.2. The smallest absolute Gasteiger partial charge is 0.0443 e. The molecule has 0 saturated heterocycles. The molecule has 2 unspecified atom stereocenters. The molecule has 2 heteroatoms. The monoisotopic (exact) mass is 272 g/mol. The van der Waals surface area contributed by atoms with Gasteiger partial charge in [0, 0.05) is 24.3 Å². The van der Waals surface area contributed by atoms with Crippen LogP contribution in [0.25, 0.3) is 0 Å². The fraction of sp³-hybridized carbons (Fsp3) is 0.667. The van der Waals surface area contributed by atoms with Crippen LogP contribution in [0.15, 0.2) is 18.2 Å². The van der Waals surface area contributed by atoms with E-state index in [-0.39, 0.29) is 0 Å². The third-order valence-electron chi connectivity index (χ3n) is 4.99. The van der Waals surface area contributed by atoms with E-state index in [9.17, 15) is 0 Å². The molecular weight excluding hydrogens is 244 g/mol. The second-order valence-electron chi connectivity index (χ2n) is 6.45. The van der Waals surface area contributed by atoms with Gasteiger partial charge in [-0.3, -0.25) is 0 Å². The van der Waals surface area contributed by atoms with Crippen LogP contribution in [0.3, 0.4) is 0 Å². The van der Waals surface area contributed by atoms with Crippen molar-refractivity contribution in [3.8, 4) is 0 Å². The first-order valence-corrected chi connectivity index (χ1v) is 8.39. The Kier molecular flexibility index (Phi) is 4.30. The molecule has 0 amide bonds. The van der Waals surface area contributed by atoms with Gasteiger partial charge < -0.3 is 10.2 Å². The molecule has 0 spiro atoms. The molecular formula is C18H28N2. The minimum atomic E-state index is 0.681. The molecule has 1 aromatic rings. The molecule has 2 aliphatic rings. The molecule has 0 radical (unpaired) electrons. The number of rotatable bonds is 3. The molecule has 1 aliphatic carbocycles. The van der Waals surface area contributed by atoms with Crippen LogP contribution in [-0.2, 0) is 6.42 Å². The summed E-state index contributed by atoms with van der Waals surface area (Å²) in [6.07, 6.45) is 8.05. The summed E-state index contributed by atoms with van der Waals surface area (Å²) in [5.41, 5.74) is 4.48. The summed E-state index contributed by atoms with van der Waals surface area (Å²) in [7, 11) is 0. The second kappa shape index (κ2) is 6.17. The lowest BCUT2D eigenvalue weighted by atomic mass is 9.87. The molecule has 1 aromatic carbocycles. The van der Waals surface area contributed by atoms with Gasteiger partial charge in [-0.1, -0.05) is 37.5 Å². The van der Waals surface area contributed by atoms with E-state index in [2.05, 4.69) is 42.3 Å². The van der Waals surface area contributed by atoms with Crippen molar-refractivity contribution in [1.82, 2.24) is 5.32 Å². The Balaban J connectivity index is 1.86. The van der Waals surface area contributed by atoms with Gasteiger partial charge in [-0.2, -0.15) is 0 Å². The van der Waals surface area contributed by atoms with E-state index in [4.69, 9.17) is 0 Å². The normalized spacial score (nSPS) is 26.4. The van der Waals surface area contributed by atoms with Crippen molar-refractivity contribution in [3.63, 3.8) is 0 Å². The maximum absolute atomic E-state index is 3.73. The van der Waals surface area contributed by atoms with Gasteiger partial charge in [0.2, 0.25) is 0 Å². The topological polar surface area (TPSA) is 15.3 Å². The number of hydrogen-bond donors (Lipinski definition) is 1. The summed E-state index contributed by atoms with van der Waals surface area (Å²) in [5.74, 6) is 0. The average molecular weight is 272 g/mol. The lowest BCUT2D eigenvalue weighted by Gasteiger charge is -2.44. The molecule has 1 N–H and O–H groups in total. The number of aryl methyl sites for hydroxylation is 2. The number of nitrogens with one attached hydrogen (secondary N) is 1. The summed E-state index contributed by atoms with van der Waals surface area (Å²) in [5, 5.41) is 3.73. The zero-order valence-electron chi connectivity index (χ0n) is 13.0. The third-order valence-corrected chi connectivity index (χ3v) is 4.99. The highest BCUT2D eigenvalue weighted by Crippen LogP contribution is 2.34. The molecule has 2 nitrogen and oxygen atoms in total. The van der Waals surface area contributed by atoms with Gasteiger partial charge in [-0.25, -0.2) is 0 Å².